The van der Waals surface area contributed by atoms with E-state index in [4.69, 9.17) is 10.8 Å². The number of carboxylic acid groups (broad SMARTS) is 2. The summed E-state index contributed by atoms with van der Waals surface area (Å²) >= 11 is 0. The van der Waals surface area contributed by atoms with Crippen LogP contribution in [0.2, 0.25) is 0 Å². The Balaban J connectivity index is 3.62. The second kappa shape index (κ2) is 21.9. The van der Waals surface area contributed by atoms with Gasteiger partial charge in [-0.05, 0) is 6.42 Å². The van der Waals surface area contributed by atoms with E-state index in [2.05, 4.69) is 12.2 Å². The van der Waals surface area contributed by atoms with Crippen LogP contribution in [-0.2, 0) is 14.4 Å². The summed E-state index contributed by atoms with van der Waals surface area (Å²) in [5, 5.41) is 20.5. The number of nitrogens with one attached hydrogen (secondary N) is 1. The lowest BCUT2D eigenvalue weighted by Gasteiger charge is -2.14. The number of nitrogens with two attached hydrogens (primary N) is 1. The van der Waals surface area contributed by atoms with Crippen LogP contribution >= 0.6 is 21.6 Å². The molecule has 188 valence electrons. The number of hydrogen-bond donors (Lipinski definition) is 4. The fourth-order valence-corrected chi connectivity index (χ4v) is 5.50. The van der Waals surface area contributed by atoms with Crippen LogP contribution in [-0.4, -0.2) is 51.6 Å². The van der Waals surface area contributed by atoms with Gasteiger partial charge in [0.1, 0.15) is 12.1 Å². The molecule has 7 nitrogen and oxygen atoms in total. The van der Waals surface area contributed by atoms with E-state index < -0.39 is 24.0 Å². The van der Waals surface area contributed by atoms with Crippen molar-refractivity contribution in [3.63, 3.8) is 0 Å². The van der Waals surface area contributed by atoms with Gasteiger partial charge in [0, 0.05) is 17.9 Å². The van der Waals surface area contributed by atoms with Gasteiger partial charge in [0.05, 0.1) is 0 Å². The molecule has 0 aromatic carbocycles. The average Bonchev–Trinajstić information content (AvgIpc) is 2.75. The van der Waals surface area contributed by atoms with Gasteiger partial charge in [-0.2, -0.15) is 0 Å². The van der Waals surface area contributed by atoms with Crippen LogP contribution < -0.4 is 11.1 Å². The molecule has 0 aliphatic rings. The molecule has 0 fully saturated rings. The van der Waals surface area contributed by atoms with Crippen molar-refractivity contribution in [1.29, 1.82) is 0 Å². The normalized spacial score (nSPS) is 12.9. The van der Waals surface area contributed by atoms with Crippen molar-refractivity contribution < 1.29 is 24.6 Å². The Kier molecular flexibility index (Phi) is 21.3. The van der Waals surface area contributed by atoms with Gasteiger partial charge in [-0.25, -0.2) is 4.79 Å². The van der Waals surface area contributed by atoms with Crippen molar-refractivity contribution in [3.8, 4) is 0 Å². The van der Waals surface area contributed by atoms with Gasteiger partial charge >= 0.3 is 11.9 Å². The van der Waals surface area contributed by atoms with Gasteiger partial charge in [-0.3, -0.25) is 9.59 Å². The van der Waals surface area contributed by atoms with Crippen molar-refractivity contribution in [2.24, 2.45) is 5.73 Å². The second-order valence-corrected chi connectivity index (χ2v) is 10.9. The molecule has 0 aliphatic carbocycles. The fraction of sp³-hybridized carbons (Fsp3) is 0.870. The summed E-state index contributed by atoms with van der Waals surface area (Å²) in [5.41, 5.74) is 5.40. The van der Waals surface area contributed by atoms with Gasteiger partial charge in [-0.1, -0.05) is 112 Å². The van der Waals surface area contributed by atoms with Crippen molar-refractivity contribution >= 4 is 39.4 Å². The summed E-state index contributed by atoms with van der Waals surface area (Å²) in [7, 11) is 2.40. The molecule has 0 radical (unpaired) electrons. The van der Waals surface area contributed by atoms with Gasteiger partial charge in [0.15, 0.2) is 0 Å². The number of carbonyl (C=O) groups is 3. The van der Waals surface area contributed by atoms with Gasteiger partial charge < -0.3 is 21.3 Å². The highest BCUT2D eigenvalue weighted by Crippen LogP contribution is 2.22. The Morgan fingerprint density at radius 2 is 1.16 bits per heavy atom. The SMILES string of the molecule is CCCCCCCCCCCCCCCCC(=O)NC(CSSCC(N)C(=O)O)C(=O)O. The van der Waals surface area contributed by atoms with Crippen molar-refractivity contribution in [3.05, 3.63) is 0 Å². The van der Waals surface area contributed by atoms with E-state index in [1.165, 1.54) is 92.2 Å². The third-order valence-electron chi connectivity index (χ3n) is 5.27. The second-order valence-electron chi connectivity index (χ2n) is 8.32. The number of rotatable bonds is 23. The summed E-state index contributed by atoms with van der Waals surface area (Å²) in [5.74, 6) is -2.08. The number of hydrogen-bond acceptors (Lipinski definition) is 6. The number of amides is 1. The molecule has 0 spiro atoms. The first-order chi connectivity index (χ1) is 15.4. The first-order valence-electron chi connectivity index (χ1n) is 12.1. The van der Waals surface area contributed by atoms with Crippen molar-refractivity contribution in [2.45, 2.75) is 115 Å². The number of aliphatic carboxylic acids is 2. The molecule has 0 aromatic heterocycles. The first-order valence-corrected chi connectivity index (χ1v) is 14.6. The summed E-state index contributed by atoms with van der Waals surface area (Å²) in [6, 6.07) is -1.96. The van der Waals surface area contributed by atoms with Crippen LogP contribution in [0.15, 0.2) is 0 Å². The van der Waals surface area contributed by atoms with Gasteiger partial charge in [0.25, 0.3) is 0 Å². The smallest absolute Gasteiger partial charge is 0.327 e. The van der Waals surface area contributed by atoms with Crippen LogP contribution in [0.3, 0.4) is 0 Å². The molecule has 0 saturated carbocycles. The first kappa shape index (κ1) is 31.1. The third-order valence-corrected chi connectivity index (χ3v) is 7.72. The summed E-state index contributed by atoms with van der Waals surface area (Å²) in [4.78, 5) is 34.0. The highest BCUT2D eigenvalue weighted by molar-refractivity contribution is 8.76. The molecule has 5 N–H and O–H groups in total. The predicted octanol–water partition coefficient (Wildman–Crippen LogP) is 5.22. The van der Waals surface area contributed by atoms with E-state index in [0.717, 1.165) is 19.3 Å². The highest BCUT2D eigenvalue weighted by Gasteiger charge is 2.20. The summed E-state index contributed by atoms with van der Waals surface area (Å²) < 4.78 is 0. The number of carbonyl (C=O) groups excluding carboxylic acids is 1. The summed E-state index contributed by atoms with van der Waals surface area (Å²) in [6.45, 7) is 2.25. The maximum Gasteiger partial charge on any atom is 0.327 e. The zero-order valence-electron chi connectivity index (χ0n) is 19.7. The molecule has 9 heteroatoms. The molecular weight excluding hydrogens is 448 g/mol. The zero-order valence-corrected chi connectivity index (χ0v) is 21.3. The minimum absolute atomic E-state index is 0.164. The van der Waals surface area contributed by atoms with Crippen molar-refractivity contribution in [2.75, 3.05) is 11.5 Å². The maximum absolute atomic E-state index is 12.0. The van der Waals surface area contributed by atoms with E-state index in [1.807, 2.05) is 0 Å². The van der Waals surface area contributed by atoms with E-state index in [0.29, 0.717) is 6.42 Å². The molecule has 0 bridgehead atoms. The molecule has 0 aromatic rings. The molecular formula is C23H44N2O5S2. The number of unbranched alkanes of at least 4 members (excludes halogenated alkanes) is 13. The molecule has 0 heterocycles. The van der Waals surface area contributed by atoms with E-state index in [9.17, 15) is 19.5 Å². The van der Waals surface area contributed by atoms with Crippen LogP contribution in [0.4, 0.5) is 0 Å². The van der Waals surface area contributed by atoms with Crippen LogP contribution in [0.5, 0.6) is 0 Å². The highest BCUT2D eigenvalue weighted by atomic mass is 33.1. The fourth-order valence-electron chi connectivity index (χ4n) is 3.23. The van der Waals surface area contributed by atoms with Crippen LogP contribution in [0.1, 0.15) is 103 Å². The molecule has 0 aliphatic heterocycles. The lowest BCUT2D eigenvalue weighted by Crippen LogP contribution is -2.42. The Bertz CT molecular complexity index is 509. The topological polar surface area (TPSA) is 130 Å². The average molecular weight is 493 g/mol. The maximum atomic E-state index is 12.0. The molecule has 2 unspecified atom stereocenters. The predicted molar refractivity (Wildman–Crippen MR) is 135 cm³/mol. The number of carboxylic acids is 2. The van der Waals surface area contributed by atoms with Crippen LogP contribution in [0, 0.1) is 0 Å². The van der Waals surface area contributed by atoms with E-state index in [-0.39, 0.29) is 17.4 Å². The molecule has 0 saturated heterocycles. The minimum Gasteiger partial charge on any atom is -0.480 e. The van der Waals surface area contributed by atoms with Crippen LogP contribution in [0.25, 0.3) is 0 Å². The Labute approximate surface area is 201 Å². The minimum atomic E-state index is -1.09. The largest absolute Gasteiger partial charge is 0.480 e. The summed E-state index contributed by atoms with van der Waals surface area (Å²) in [6.07, 6.45) is 17.8. The van der Waals surface area contributed by atoms with Crippen molar-refractivity contribution in [1.82, 2.24) is 5.32 Å². The monoisotopic (exact) mass is 492 g/mol. The Morgan fingerprint density at radius 3 is 1.59 bits per heavy atom. The van der Waals surface area contributed by atoms with E-state index >= 15 is 0 Å². The van der Waals surface area contributed by atoms with Gasteiger partial charge in [0.2, 0.25) is 5.91 Å². The lowest BCUT2D eigenvalue weighted by molar-refractivity contribution is -0.141. The molecule has 2 atom stereocenters. The molecule has 0 rings (SSSR count). The lowest BCUT2D eigenvalue weighted by atomic mass is 10.0. The third kappa shape index (κ3) is 19.7. The zero-order chi connectivity index (χ0) is 24.0. The molecule has 32 heavy (non-hydrogen) atoms. The Hall–Kier alpha value is -0.930. The van der Waals surface area contributed by atoms with E-state index in [1.54, 1.807) is 0 Å². The van der Waals surface area contributed by atoms with Gasteiger partial charge in [-0.15, -0.1) is 0 Å². The quantitative estimate of drug-likeness (QED) is 0.113. The Morgan fingerprint density at radius 1 is 0.719 bits per heavy atom. The standard InChI is InChI=1S/C23H44N2O5S2/c1-2-3-4-5-6-7-8-9-10-11-12-13-14-15-16-21(26)25-20(23(29)30)18-32-31-17-19(24)22(27)28/h19-20H,2-18,24H2,1H3,(H,25,26)(H,27,28)(H,29,30). The molecule has 1 amide bonds.